The molecule has 160 valence electrons. The fourth-order valence-electron chi connectivity index (χ4n) is 4.78. The van der Waals surface area contributed by atoms with Gasteiger partial charge in [-0.3, -0.25) is 4.79 Å². The molecular formula is C22H21Cl2F3N2O. The second-order valence-electron chi connectivity index (χ2n) is 7.93. The van der Waals surface area contributed by atoms with Gasteiger partial charge in [-0.2, -0.15) is 13.2 Å². The first-order chi connectivity index (χ1) is 14.3. The van der Waals surface area contributed by atoms with Gasteiger partial charge in [0.05, 0.1) is 0 Å². The van der Waals surface area contributed by atoms with Gasteiger partial charge in [0.2, 0.25) is 6.29 Å². The van der Waals surface area contributed by atoms with E-state index >= 15 is 0 Å². The molecule has 1 saturated heterocycles. The molecule has 2 aromatic rings. The number of nitrogens with zero attached hydrogens (tertiary/aromatic N) is 1. The number of nitrogens with one attached hydrogen (secondary N) is 1. The summed E-state index contributed by atoms with van der Waals surface area (Å²) in [6.07, 6.45) is -3.30. The Bertz CT molecular complexity index is 964. The molecule has 0 unspecified atom stereocenters. The highest BCUT2D eigenvalue weighted by atomic mass is 35.5. The fourth-order valence-corrected chi connectivity index (χ4v) is 5.18. The Hall–Kier alpha value is -1.76. The lowest BCUT2D eigenvalue weighted by Gasteiger charge is -2.42. The molecule has 2 aromatic carbocycles. The summed E-state index contributed by atoms with van der Waals surface area (Å²) < 4.78 is 31.2. The van der Waals surface area contributed by atoms with E-state index in [0.717, 1.165) is 41.0 Å². The third kappa shape index (κ3) is 4.32. The van der Waals surface area contributed by atoms with Gasteiger partial charge in [0.25, 0.3) is 0 Å². The lowest BCUT2D eigenvalue weighted by atomic mass is 9.79. The zero-order valence-corrected chi connectivity index (χ0v) is 17.6. The molecule has 0 spiro atoms. The van der Waals surface area contributed by atoms with Crippen LogP contribution in [-0.2, 0) is 11.2 Å². The minimum absolute atomic E-state index is 0.631. The van der Waals surface area contributed by atoms with E-state index in [2.05, 4.69) is 22.3 Å². The number of rotatable bonds is 1. The van der Waals surface area contributed by atoms with Gasteiger partial charge >= 0.3 is 6.18 Å². The molecule has 0 aliphatic carbocycles. The third-order valence-electron chi connectivity index (χ3n) is 5.98. The maximum atomic E-state index is 10.4. The van der Waals surface area contributed by atoms with Crippen molar-refractivity contribution in [2.45, 2.75) is 24.9 Å². The zero-order chi connectivity index (χ0) is 21.5. The van der Waals surface area contributed by atoms with Crippen LogP contribution in [0.5, 0.6) is 0 Å². The Kier molecular flexibility index (Phi) is 6.02. The fraction of sp³-hybridized carbons (Fsp3) is 0.409. The van der Waals surface area contributed by atoms with E-state index in [9.17, 15) is 13.2 Å². The Morgan fingerprint density at radius 3 is 2.63 bits per heavy atom. The second kappa shape index (κ2) is 8.40. The van der Waals surface area contributed by atoms with Crippen molar-refractivity contribution in [3.8, 4) is 11.1 Å². The molecule has 5 rings (SSSR count). The summed E-state index contributed by atoms with van der Waals surface area (Å²) in [5, 5.41) is 5.11. The average Bonchev–Trinajstić information content (AvgIpc) is 3.18. The van der Waals surface area contributed by atoms with Crippen LogP contribution < -0.4 is 10.2 Å². The predicted molar refractivity (Wildman–Crippen MR) is 114 cm³/mol. The van der Waals surface area contributed by atoms with Gasteiger partial charge in [0, 0.05) is 53.4 Å². The quantitative estimate of drug-likeness (QED) is 0.576. The number of anilines is 1. The molecular weight excluding hydrogens is 436 g/mol. The predicted octanol–water partition coefficient (Wildman–Crippen LogP) is 5.48. The van der Waals surface area contributed by atoms with Crippen molar-refractivity contribution in [2.24, 2.45) is 5.92 Å². The number of hydrogen-bond donors (Lipinski definition) is 1. The van der Waals surface area contributed by atoms with Crippen LogP contribution in [0.25, 0.3) is 11.1 Å². The minimum atomic E-state index is -4.64. The molecule has 0 saturated carbocycles. The first kappa shape index (κ1) is 21.5. The number of carbonyl (C=O) groups is 1. The number of alkyl halides is 3. The normalized spacial score (nSPS) is 22.0. The molecule has 2 atom stereocenters. The highest BCUT2D eigenvalue weighted by Crippen LogP contribution is 2.47. The van der Waals surface area contributed by atoms with Crippen LogP contribution in [0, 0.1) is 5.92 Å². The number of halogens is 5. The van der Waals surface area contributed by atoms with Crippen LogP contribution in [0.2, 0.25) is 10.0 Å². The van der Waals surface area contributed by atoms with Gasteiger partial charge in [-0.15, -0.1) is 0 Å². The smallest absolute Gasteiger partial charge is 0.371 e. The highest BCUT2D eigenvalue weighted by molar-refractivity contribution is 6.35. The maximum Gasteiger partial charge on any atom is 0.446 e. The average molecular weight is 457 g/mol. The summed E-state index contributed by atoms with van der Waals surface area (Å²) in [4.78, 5) is 11.3. The molecule has 3 aliphatic heterocycles. The van der Waals surface area contributed by atoms with Crippen molar-refractivity contribution < 1.29 is 18.0 Å². The van der Waals surface area contributed by atoms with Crippen LogP contribution in [0.3, 0.4) is 0 Å². The van der Waals surface area contributed by atoms with Crippen LogP contribution in [0.1, 0.15) is 23.5 Å². The molecule has 1 N–H and O–H groups in total. The van der Waals surface area contributed by atoms with Gasteiger partial charge in [-0.1, -0.05) is 23.2 Å². The molecule has 0 bridgehead atoms. The molecule has 3 nitrogen and oxygen atoms in total. The van der Waals surface area contributed by atoms with Gasteiger partial charge in [0.15, 0.2) is 0 Å². The van der Waals surface area contributed by atoms with E-state index in [4.69, 9.17) is 28.0 Å². The summed E-state index contributed by atoms with van der Waals surface area (Å²) in [7, 11) is 0. The van der Waals surface area contributed by atoms with Crippen molar-refractivity contribution in [3.63, 3.8) is 0 Å². The number of fused-ring (bicyclic) bond motifs is 2. The van der Waals surface area contributed by atoms with E-state index in [-0.39, 0.29) is 0 Å². The maximum absolute atomic E-state index is 10.4. The molecule has 3 heterocycles. The monoisotopic (exact) mass is 456 g/mol. The Morgan fingerprint density at radius 2 is 1.90 bits per heavy atom. The van der Waals surface area contributed by atoms with Gasteiger partial charge in [-0.25, -0.2) is 0 Å². The standard InChI is InChI=1S/C20H20Cl2N2.C2HF3O/c21-15-3-4-19(22)16(8-15)13-6-12-2-1-5-24-11-14-9-23-10-18(14)17(7-13)20(12)24;3-2(4,5)1-6/h3-4,6-8,14,18,23H,1-2,5,9-11H2;1H/t14-,18-;/m1./s1. The SMILES string of the molecule is Clc1ccc(Cl)c(-c2cc3c4c(c2)[C@@H]2CNC[C@@H]2CN4CCC3)c1.O=CC(F)(F)F. The Morgan fingerprint density at radius 1 is 1.13 bits per heavy atom. The minimum Gasteiger partial charge on any atom is -0.371 e. The largest absolute Gasteiger partial charge is 0.446 e. The lowest BCUT2D eigenvalue weighted by molar-refractivity contribution is -0.156. The van der Waals surface area contributed by atoms with E-state index < -0.39 is 12.5 Å². The number of benzene rings is 2. The Labute approximate surface area is 183 Å². The number of hydrogen-bond acceptors (Lipinski definition) is 3. The van der Waals surface area contributed by atoms with Crippen molar-refractivity contribution >= 4 is 35.2 Å². The first-order valence-electron chi connectivity index (χ1n) is 9.88. The van der Waals surface area contributed by atoms with Gasteiger partial charge in [0.1, 0.15) is 0 Å². The lowest BCUT2D eigenvalue weighted by Crippen LogP contribution is -2.40. The highest BCUT2D eigenvalue weighted by Gasteiger charge is 2.39. The molecule has 8 heteroatoms. The first-order valence-corrected chi connectivity index (χ1v) is 10.6. The van der Waals surface area contributed by atoms with Crippen LogP contribution in [0.4, 0.5) is 18.9 Å². The summed E-state index contributed by atoms with van der Waals surface area (Å²) in [5.74, 6) is 1.36. The van der Waals surface area contributed by atoms with Crippen molar-refractivity contribution in [2.75, 3.05) is 31.1 Å². The number of aldehydes is 1. The van der Waals surface area contributed by atoms with E-state index in [1.807, 2.05) is 18.2 Å². The summed E-state index contributed by atoms with van der Waals surface area (Å²) in [5.41, 5.74) is 6.77. The van der Waals surface area contributed by atoms with Crippen molar-refractivity contribution in [1.82, 2.24) is 5.32 Å². The number of carbonyl (C=O) groups excluding carboxylic acids is 1. The molecule has 1 fully saturated rings. The summed E-state index contributed by atoms with van der Waals surface area (Å²) in [6, 6.07) is 10.5. The topological polar surface area (TPSA) is 32.3 Å². The Balaban J connectivity index is 0.000000322. The van der Waals surface area contributed by atoms with Crippen molar-refractivity contribution in [1.29, 1.82) is 0 Å². The molecule has 0 radical (unpaired) electrons. The van der Waals surface area contributed by atoms with Gasteiger partial charge < -0.3 is 10.2 Å². The second-order valence-corrected chi connectivity index (χ2v) is 8.77. The van der Waals surface area contributed by atoms with E-state index in [0.29, 0.717) is 5.92 Å². The number of aryl methyl sites for hydroxylation is 1. The molecule has 3 aliphatic rings. The van der Waals surface area contributed by atoms with E-state index in [1.54, 1.807) is 0 Å². The van der Waals surface area contributed by atoms with Crippen LogP contribution >= 0.6 is 23.2 Å². The molecule has 0 aromatic heterocycles. The molecule has 0 amide bonds. The van der Waals surface area contributed by atoms with Crippen molar-refractivity contribution in [3.05, 3.63) is 51.5 Å². The zero-order valence-electron chi connectivity index (χ0n) is 16.1. The summed E-state index contributed by atoms with van der Waals surface area (Å²) in [6.45, 7) is 4.63. The van der Waals surface area contributed by atoms with Crippen LogP contribution in [-0.4, -0.2) is 38.6 Å². The van der Waals surface area contributed by atoms with Crippen LogP contribution in [0.15, 0.2) is 30.3 Å². The molecule has 30 heavy (non-hydrogen) atoms. The summed E-state index contributed by atoms with van der Waals surface area (Å²) >= 11 is 12.7. The van der Waals surface area contributed by atoms with E-state index in [1.165, 1.54) is 41.9 Å². The third-order valence-corrected chi connectivity index (χ3v) is 6.54. The van der Waals surface area contributed by atoms with Gasteiger partial charge in [-0.05, 0) is 65.8 Å².